The van der Waals surface area contributed by atoms with Gasteiger partial charge in [-0.05, 0) is 50.8 Å². The Morgan fingerprint density at radius 2 is 1.70 bits per heavy atom. The molecule has 0 spiro atoms. The van der Waals surface area contributed by atoms with Crippen LogP contribution < -0.4 is 4.74 Å². The van der Waals surface area contributed by atoms with Gasteiger partial charge in [0, 0.05) is 6.42 Å². The highest BCUT2D eigenvalue weighted by atomic mass is 16.5. The molecule has 1 aromatic rings. The van der Waals surface area contributed by atoms with Crippen LogP contribution in [-0.4, -0.2) is 27.8 Å². The molecule has 23 heavy (non-hydrogen) atoms. The SMILES string of the molecule is CC(C)(Oc1cccc(CCCCCCCC(=O)O)c1)C(=O)O. The number of benzene rings is 1. The lowest BCUT2D eigenvalue weighted by Crippen LogP contribution is -2.37. The van der Waals surface area contributed by atoms with Crippen LogP contribution in [-0.2, 0) is 16.0 Å². The molecule has 0 saturated heterocycles. The van der Waals surface area contributed by atoms with Crippen molar-refractivity contribution in [3.63, 3.8) is 0 Å². The van der Waals surface area contributed by atoms with E-state index in [4.69, 9.17) is 14.9 Å². The van der Waals surface area contributed by atoms with Crippen molar-refractivity contribution in [3.8, 4) is 5.75 Å². The lowest BCUT2D eigenvalue weighted by molar-refractivity contribution is -0.152. The quantitative estimate of drug-likeness (QED) is 0.604. The third-order valence-corrected chi connectivity index (χ3v) is 3.64. The first-order chi connectivity index (χ1) is 10.8. The second kappa shape index (κ2) is 9.18. The number of ether oxygens (including phenoxy) is 1. The van der Waals surface area contributed by atoms with Gasteiger partial charge in [-0.2, -0.15) is 0 Å². The van der Waals surface area contributed by atoms with Crippen LogP contribution in [0.4, 0.5) is 0 Å². The Morgan fingerprint density at radius 3 is 2.35 bits per heavy atom. The highest BCUT2D eigenvalue weighted by Crippen LogP contribution is 2.21. The fraction of sp³-hybridized carbons (Fsp3) is 0.556. The van der Waals surface area contributed by atoms with E-state index in [1.807, 2.05) is 18.2 Å². The summed E-state index contributed by atoms with van der Waals surface area (Å²) in [5.41, 5.74) is -0.128. The van der Waals surface area contributed by atoms with Crippen LogP contribution in [0.15, 0.2) is 24.3 Å². The van der Waals surface area contributed by atoms with E-state index in [1.54, 1.807) is 6.07 Å². The standard InChI is InChI=1S/C18H26O5/c1-18(2,17(21)22)23-15-11-8-10-14(13-15)9-6-4-3-5-7-12-16(19)20/h8,10-11,13H,3-7,9,12H2,1-2H3,(H,19,20)(H,21,22). The number of rotatable bonds is 11. The minimum atomic E-state index is -1.25. The first kappa shape index (κ1) is 19.0. The zero-order valence-corrected chi connectivity index (χ0v) is 13.9. The minimum absolute atomic E-state index is 0.249. The van der Waals surface area contributed by atoms with Gasteiger partial charge in [0.2, 0.25) is 0 Å². The minimum Gasteiger partial charge on any atom is -0.481 e. The average Bonchev–Trinajstić information content (AvgIpc) is 2.45. The zero-order valence-electron chi connectivity index (χ0n) is 13.9. The lowest BCUT2D eigenvalue weighted by atomic mass is 10.0. The van der Waals surface area contributed by atoms with Crippen LogP contribution in [0.3, 0.4) is 0 Å². The van der Waals surface area contributed by atoms with Gasteiger partial charge < -0.3 is 14.9 Å². The molecule has 1 rings (SSSR count). The highest BCUT2D eigenvalue weighted by molar-refractivity contribution is 5.76. The molecular weight excluding hydrogens is 296 g/mol. The summed E-state index contributed by atoms with van der Waals surface area (Å²) in [4.78, 5) is 21.5. The maximum atomic E-state index is 11.1. The molecule has 0 aliphatic carbocycles. The van der Waals surface area contributed by atoms with Crippen LogP contribution in [0.1, 0.15) is 57.9 Å². The van der Waals surface area contributed by atoms with Crippen molar-refractivity contribution in [2.45, 2.75) is 64.4 Å². The van der Waals surface area contributed by atoms with E-state index in [2.05, 4.69) is 0 Å². The maximum Gasteiger partial charge on any atom is 0.347 e. The number of hydrogen-bond acceptors (Lipinski definition) is 3. The molecule has 0 unspecified atom stereocenters. The molecule has 0 heterocycles. The van der Waals surface area contributed by atoms with E-state index in [9.17, 15) is 9.59 Å². The molecule has 0 atom stereocenters. The van der Waals surface area contributed by atoms with E-state index in [-0.39, 0.29) is 6.42 Å². The predicted molar refractivity (Wildman–Crippen MR) is 87.8 cm³/mol. The van der Waals surface area contributed by atoms with E-state index in [0.29, 0.717) is 5.75 Å². The van der Waals surface area contributed by atoms with Crippen molar-refractivity contribution >= 4 is 11.9 Å². The van der Waals surface area contributed by atoms with Gasteiger partial charge in [0.15, 0.2) is 5.60 Å². The Labute approximate surface area is 137 Å². The molecule has 0 fully saturated rings. The first-order valence-electron chi connectivity index (χ1n) is 8.04. The number of aliphatic carboxylic acids is 2. The van der Waals surface area contributed by atoms with Gasteiger partial charge in [-0.3, -0.25) is 4.79 Å². The fourth-order valence-electron chi connectivity index (χ4n) is 2.24. The smallest absolute Gasteiger partial charge is 0.347 e. The molecule has 5 heteroatoms. The number of carbonyl (C=O) groups is 2. The Kier molecular flexibility index (Phi) is 7.59. The molecule has 2 N–H and O–H groups in total. The van der Waals surface area contributed by atoms with E-state index in [0.717, 1.165) is 44.1 Å². The van der Waals surface area contributed by atoms with Crippen molar-refractivity contribution in [2.75, 3.05) is 0 Å². The van der Waals surface area contributed by atoms with E-state index in [1.165, 1.54) is 13.8 Å². The number of carboxylic acid groups (broad SMARTS) is 2. The summed E-state index contributed by atoms with van der Waals surface area (Å²) in [6.45, 7) is 3.05. The van der Waals surface area contributed by atoms with Crippen molar-refractivity contribution in [2.24, 2.45) is 0 Å². The largest absolute Gasteiger partial charge is 0.481 e. The lowest BCUT2D eigenvalue weighted by Gasteiger charge is -2.21. The average molecular weight is 322 g/mol. The number of carboxylic acids is 2. The maximum absolute atomic E-state index is 11.1. The number of unbranched alkanes of at least 4 members (excludes halogenated alkanes) is 4. The molecule has 0 bridgehead atoms. The Hall–Kier alpha value is -2.04. The summed E-state index contributed by atoms with van der Waals surface area (Å²) in [6, 6.07) is 7.52. The molecule has 0 radical (unpaired) electrons. The second-order valence-electron chi connectivity index (χ2n) is 6.23. The molecule has 0 aliphatic heterocycles. The molecule has 0 amide bonds. The molecule has 0 aromatic heterocycles. The third kappa shape index (κ3) is 7.68. The Balaban J connectivity index is 2.34. The summed E-state index contributed by atoms with van der Waals surface area (Å²) in [6.07, 6.45) is 5.97. The van der Waals surface area contributed by atoms with Crippen LogP contribution >= 0.6 is 0 Å². The van der Waals surface area contributed by atoms with Gasteiger partial charge in [0.25, 0.3) is 0 Å². The highest BCUT2D eigenvalue weighted by Gasteiger charge is 2.29. The van der Waals surface area contributed by atoms with Crippen LogP contribution in [0, 0.1) is 0 Å². The van der Waals surface area contributed by atoms with Gasteiger partial charge in [0.1, 0.15) is 5.75 Å². The fourth-order valence-corrected chi connectivity index (χ4v) is 2.24. The molecule has 0 saturated carbocycles. The van der Waals surface area contributed by atoms with Gasteiger partial charge in [-0.1, -0.05) is 31.4 Å². The molecule has 128 valence electrons. The van der Waals surface area contributed by atoms with Crippen molar-refractivity contribution in [1.29, 1.82) is 0 Å². The zero-order chi connectivity index (χ0) is 17.3. The predicted octanol–water partition coefficient (Wildman–Crippen LogP) is 3.90. The summed E-state index contributed by atoms with van der Waals surface area (Å²) >= 11 is 0. The van der Waals surface area contributed by atoms with Crippen LogP contribution in [0.2, 0.25) is 0 Å². The van der Waals surface area contributed by atoms with E-state index < -0.39 is 17.5 Å². The third-order valence-electron chi connectivity index (χ3n) is 3.64. The van der Waals surface area contributed by atoms with E-state index >= 15 is 0 Å². The Bertz CT molecular complexity index is 522. The number of aryl methyl sites for hydroxylation is 1. The summed E-state index contributed by atoms with van der Waals surface area (Å²) in [5.74, 6) is -1.16. The molecule has 5 nitrogen and oxygen atoms in total. The monoisotopic (exact) mass is 322 g/mol. The summed E-state index contributed by atoms with van der Waals surface area (Å²) in [5, 5.41) is 17.6. The van der Waals surface area contributed by atoms with Crippen LogP contribution in [0.5, 0.6) is 5.75 Å². The molecule has 0 aliphatic rings. The van der Waals surface area contributed by atoms with Gasteiger partial charge >= 0.3 is 11.9 Å². The van der Waals surface area contributed by atoms with Crippen molar-refractivity contribution in [3.05, 3.63) is 29.8 Å². The van der Waals surface area contributed by atoms with Gasteiger partial charge in [-0.25, -0.2) is 4.79 Å². The van der Waals surface area contributed by atoms with Crippen LogP contribution in [0.25, 0.3) is 0 Å². The topological polar surface area (TPSA) is 83.8 Å². The van der Waals surface area contributed by atoms with Crippen molar-refractivity contribution in [1.82, 2.24) is 0 Å². The second-order valence-corrected chi connectivity index (χ2v) is 6.23. The molecular formula is C18H26O5. The summed E-state index contributed by atoms with van der Waals surface area (Å²) < 4.78 is 5.53. The van der Waals surface area contributed by atoms with Gasteiger partial charge in [-0.15, -0.1) is 0 Å². The summed E-state index contributed by atoms with van der Waals surface area (Å²) in [7, 11) is 0. The van der Waals surface area contributed by atoms with Crippen molar-refractivity contribution < 1.29 is 24.5 Å². The van der Waals surface area contributed by atoms with Gasteiger partial charge in [0.05, 0.1) is 0 Å². The first-order valence-corrected chi connectivity index (χ1v) is 8.04. The molecule has 1 aromatic carbocycles. The Morgan fingerprint density at radius 1 is 1.04 bits per heavy atom. The normalized spacial score (nSPS) is 11.2. The number of hydrogen-bond donors (Lipinski definition) is 2.